The van der Waals surface area contributed by atoms with Crippen LogP contribution in [-0.2, 0) is 6.54 Å². The molecule has 2 aromatic rings. The van der Waals surface area contributed by atoms with Crippen LogP contribution in [0, 0.1) is 5.82 Å². The molecule has 0 bridgehead atoms. The molecule has 4 nitrogen and oxygen atoms in total. The number of para-hydroxylation sites is 1. The first-order chi connectivity index (χ1) is 9.65. The molecule has 0 aliphatic heterocycles. The molecule has 0 unspecified atom stereocenters. The summed E-state index contributed by atoms with van der Waals surface area (Å²) in [7, 11) is 3.17. The molecule has 0 atom stereocenters. The number of benzene rings is 2. The number of nitrogens with two attached hydrogens (primary N) is 1. The van der Waals surface area contributed by atoms with Gasteiger partial charge in [-0.15, -0.1) is 0 Å². The van der Waals surface area contributed by atoms with Crippen LogP contribution in [0.1, 0.15) is 5.56 Å². The molecule has 0 amide bonds. The average molecular weight is 276 g/mol. The molecule has 0 fully saturated rings. The van der Waals surface area contributed by atoms with Crippen molar-refractivity contribution in [2.24, 2.45) is 0 Å². The van der Waals surface area contributed by atoms with E-state index in [0.717, 1.165) is 5.56 Å². The third kappa shape index (κ3) is 2.93. The van der Waals surface area contributed by atoms with E-state index in [4.69, 9.17) is 15.2 Å². The van der Waals surface area contributed by atoms with Crippen molar-refractivity contribution in [3.05, 3.63) is 47.8 Å². The Labute approximate surface area is 117 Å². The fourth-order valence-electron chi connectivity index (χ4n) is 1.88. The van der Waals surface area contributed by atoms with Crippen molar-refractivity contribution in [2.75, 3.05) is 25.3 Å². The smallest absolute Gasteiger partial charge is 0.161 e. The van der Waals surface area contributed by atoms with Crippen LogP contribution in [0.25, 0.3) is 0 Å². The van der Waals surface area contributed by atoms with Gasteiger partial charge in [0.25, 0.3) is 0 Å². The summed E-state index contributed by atoms with van der Waals surface area (Å²) in [6, 6.07) is 10.3. The van der Waals surface area contributed by atoms with Crippen molar-refractivity contribution in [1.29, 1.82) is 0 Å². The number of hydrogen-bond acceptors (Lipinski definition) is 4. The van der Waals surface area contributed by atoms with E-state index in [2.05, 4.69) is 5.32 Å². The topological polar surface area (TPSA) is 56.5 Å². The number of nitrogens with one attached hydrogen (secondary N) is 1. The molecule has 0 spiro atoms. The summed E-state index contributed by atoms with van der Waals surface area (Å²) >= 11 is 0. The van der Waals surface area contributed by atoms with Gasteiger partial charge in [0.15, 0.2) is 11.5 Å². The molecule has 3 N–H and O–H groups in total. The number of halogens is 1. The van der Waals surface area contributed by atoms with E-state index in [1.54, 1.807) is 26.4 Å². The Bertz CT molecular complexity index is 602. The number of anilines is 2. The van der Waals surface area contributed by atoms with Gasteiger partial charge in [0, 0.05) is 6.54 Å². The minimum Gasteiger partial charge on any atom is -0.493 e. The van der Waals surface area contributed by atoms with Crippen LogP contribution >= 0.6 is 0 Å². The second kappa shape index (κ2) is 6.14. The van der Waals surface area contributed by atoms with Crippen LogP contribution in [0.4, 0.5) is 15.8 Å². The van der Waals surface area contributed by atoms with Crippen molar-refractivity contribution < 1.29 is 13.9 Å². The van der Waals surface area contributed by atoms with Crippen LogP contribution < -0.4 is 20.5 Å². The lowest BCUT2D eigenvalue weighted by molar-refractivity contribution is 0.354. The molecule has 2 rings (SSSR count). The first kappa shape index (κ1) is 14.0. The van der Waals surface area contributed by atoms with E-state index in [1.165, 1.54) is 6.07 Å². The van der Waals surface area contributed by atoms with Gasteiger partial charge in [-0.1, -0.05) is 12.1 Å². The molecule has 0 saturated heterocycles. The maximum Gasteiger partial charge on any atom is 0.161 e. The number of ether oxygens (including phenoxy) is 2. The molecule has 0 saturated carbocycles. The minimum absolute atomic E-state index is 0.118. The van der Waals surface area contributed by atoms with Crippen molar-refractivity contribution >= 4 is 11.4 Å². The van der Waals surface area contributed by atoms with Gasteiger partial charge in [0.05, 0.1) is 25.6 Å². The van der Waals surface area contributed by atoms with Gasteiger partial charge in [-0.2, -0.15) is 0 Å². The van der Waals surface area contributed by atoms with Crippen molar-refractivity contribution in [3.63, 3.8) is 0 Å². The van der Waals surface area contributed by atoms with E-state index < -0.39 is 5.82 Å². The molecule has 106 valence electrons. The van der Waals surface area contributed by atoms with Crippen LogP contribution in [0.3, 0.4) is 0 Å². The molecular weight excluding hydrogens is 259 g/mol. The Hall–Kier alpha value is -2.43. The highest BCUT2D eigenvalue weighted by molar-refractivity contribution is 5.66. The summed E-state index contributed by atoms with van der Waals surface area (Å²) in [6.07, 6.45) is 0. The highest BCUT2D eigenvalue weighted by atomic mass is 19.1. The van der Waals surface area contributed by atoms with Crippen molar-refractivity contribution in [3.8, 4) is 11.5 Å². The number of rotatable bonds is 5. The van der Waals surface area contributed by atoms with Gasteiger partial charge < -0.3 is 20.5 Å². The lowest BCUT2D eigenvalue weighted by atomic mass is 10.2. The van der Waals surface area contributed by atoms with Gasteiger partial charge in [-0.05, 0) is 29.8 Å². The fourth-order valence-corrected chi connectivity index (χ4v) is 1.88. The van der Waals surface area contributed by atoms with Crippen molar-refractivity contribution in [2.45, 2.75) is 6.54 Å². The van der Waals surface area contributed by atoms with Gasteiger partial charge >= 0.3 is 0 Å². The summed E-state index contributed by atoms with van der Waals surface area (Å²) in [6.45, 7) is 0.508. The molecule has 2 aromatic carbocycles. The first-order valence-electron chi connectivity index (χ1n) is 6.14. The molecule has 5 heteroatoms. The maximum absolute atomic E-state index is 13.3. The molecule has 0 heterocycles. The van der Waals surface area contributed by atoms with Crippen LogP contribution in [-0.4, -0.2) is 14.2 Å². The lowest BCUT2D eigenvalue weighted by Gasteiger charge is -2.12. The SMILES string of the molecule is COc1ccc(CNc2cccc(F)c2N)cc1OC. The third-order valence-corrected chi connectivity index (χ3v) is 2.98. The quantitative estimate of drug-likeness (QED) is 0.824. The monoisotopic (exact) mass is 276 g/mol. The summed E-state index contributed by atoms with van der Waals surface area (Å²) in [4.78, 5) is 0. The molecule has 0 radical (unpaired) electrons. The maximum atomic E-state index is 13.3. The second-order valence-electron chi connectivity index (χ2n) is 4.24. The zero-order chi connectivity index (χ0) is 14.5. The minimum atomic E-state index is -0.428. The summed E-state index contributed by atoms with van der Waals surface area (Å²) in [5, 5.41) is 3.10. The van der Waals surface area contributed by atoms with E-state index >= 15 is 0 Å². The van der Waals surface area contributed by atoms with Crippen LogP contribution in [0.15, 0.2) is 36.4 Å². The third-order valence-electron chi connectivity index (χ3n) is 2.98. The van der Waals surface area contributed by atoms with Gasteiger partial charge in [0.1, 0.15) is 5.82 Å². The zero-order valence-electron chi connectivity index (χ0n) is 11.4. The summed E-state index contributed by atoms with van der Waals surface area (Å²) < 4.78 is 23.7. The number of hydrogen-bond donors (Lipinski definition) is 2. The van der Waals surface area contributed by atoms with Gasteiger partial charge in [-0.3, -0.25) is 0 Å². The molecular formula is C15H17FN2O2. The number of methoxy groups -OCH3 is 2. The Kier molecular flexibility index (Phi) is 4.30. The summed E-state index contributed by atoms with van der Waals surface area (Å²) in [5.74, 6) is 0.892. The Balaban J connectivity index is 2.13. The molecule has 20 heavy (non-hydrogen) atoms. The standard InChI is InChI=1S/C15H17FN2O2/c1-19-13-7-6-10(8-14(13)20-2)9-18-12-5-3-4-11(16)15(12)17/h3-8,18H,9,17H2,1-2H3. The highest BCUT2D eigenvalue weighted by Gasteiger charge is 2.06. The van der Waals surface area contributed by atoms with Gasteiger partial charge in [0.2, 0.25) is 0 Å². The fraction of sp³-hybridized carbons (Fsp3) is 0.200. The first-order valence-corrected chi connectivity index (χ1v) is 6.14. The Morgan fingerprint density at radius 2 is 1.85 bits per heavy atom. The van der Waals surface area contributed by atoms with E-state index in [9.17, 15) is 4.39 Å². The van der Waals surface area contributed by atoms with Crippen LogP contribution in [0.2, 0.25) is 0 Å². The highest BCUT2D eigenvalue weighted by Crippen LogP contribution is 2.28. The van der Waals surface area contributed by atoms with E-state index in [1.807, 2.05) is 18.2 Å². The summed E-state index contributed by atoms with van der Waals surface area (Å²) in [5.41, 5.74) is 7.33. The van der Waals surface area contributed by atoms with Gasteiger partial charge in [-0.25, -0.2) is 4.39 Å². The Morgan fingerprint density at radius 1 is 1.10 bits per heavy atom. The van der Waals surface area contributed by atoms with Crippen LogP contribution in [0.5, 0.6) is 11.5 Å². The lowest BCUT2D eigenvalue weighted by Crippen LogP contribution is -2.04. The molecule has 0 aromatic heterocycles. The average Bonchev–Trinajstić information content (AvgIpc) is 2.48. The largest absolute Gasteiger partial charge is 0.493 e. The van der Waals surface area contributed by atoms with E-state index in [-0.39, 0.29) is 5.69 Å². The normalized spacial score (nSPS) is 10.2. The predicted octanol–water partition coefficient (Wildman–Crippen LogP) is 3.04. The van der Waals surface area contributed by atoms with E-state index in [0.29, 0.717) is 23.7 Å². The predicted molar refractivity (Wildman–Crippen MR) is 77.7 cm³/mol. The number of nitrogen functional groups attached to an aromatic ring is 1. The molecule has 0 aliphatic carbocycles. The molecule has 0 aliphatic rings. The second-order valence-corrected chi connectivity index (χ2v) is 4.24. The zero-order valence-corrected chi connectivity index (χ0v) is 11.4. The Morgan fingerprint density at radius 3 is 2.55 bits per heavy atom. The van der Waals surface area contributed by atoms with Crippen molar-refractivity contribution in [1.82, 2.24) is 0 Å².